The largest absolute Gasteiger partial charge is 0.462 e. The molecule has 0 aromatic carbocycles. The standard InChI is InChI=1S/C22H43NO2/c1-20(2)22(24)25-18-16-14-12-10-8-6-7-9-11-13-15-17-21(3)19-23(4)5/h21H,1,6-19H2,2-5H3. The van der Waals surface area contributed by atoms with E-state index in [-0.39, 0.29) is 5.97 Å². The van der Waals surface area contributed by atoms with Gasteiger partial charge in [-0.3, -0.25) is 0 Å². The van der Waals surface area contributed by atoms with Gasteiger partial charge < -0.3 is 9.64 Å². The Bertz CT molecular complexity index is 339. The van der Waals surface area contributed by atoms with Gasteiger partial charge in [0.1, 0.15) is 0 Å². The van der Waals surface area contributed by atoms with Crippen LogP contribution in [-0.4, -0.2) is 38.1 Å². The van der Waals surface area contributed by atoms with Gasteiger partial charge in [-0.15, -0.1) is 0 Å². The summed E-state index contributed by atoms with van der Waals surface area (Å²) in [7, 11) is 4.32. The summed E-state index contributed by atoms with van der Waals surface area (Å²) in [5, 5.41) is 0. The molecule has 0 radical (unpaired) electrons. The van der Waals surface area contributed by atoms with Crippen molar-refractivity contribution in [3.8, 4) is 0 Å². The lowest BCUT2D eigenvalue weighted by molar-refractivity contribution is -0.139. The van der Waals surface area contributed by atoms with Crippen molar-refractivity contribution >= 4 is 5.97 Å². The first-order valence-electron chi connectivity index (χ1n) is 10.4. The Morgan fingerprint density at radius 3 is 1.76 bits per heavy atom. The highest BCUT2D eigenvalue weighted by atomic mass is 16.5. The van der Waals surface area contributed by atoms with Gasteiger partial charge in [-0.25, -0.2) is 4.79 Å². The molecule has 3 heteroatoms. The third-order valence-corrected chi connectivity index (χ3v) is 4.60. The maximum Gasteiger partial charge on any atom is 0.333 e. The Balaban J connectivity index is 3.17. The molecule has 0 aromatic rings. The SMILES string of the molecule is C=C(C)C(=O)OCCCCCCCCCCCCCC(C)CN(C)C. The number of esters is 1. The molecule has 0 amide bonds. The first-order chi connectivity index (χ1) is 11.9. The van der Waals surface area contributed by atoms with Crippen molar-refractivity contribution < 1.29 is 9.53 Å². The zero-order valence-electron chi connectivity index (χ0n) is 17.4. The number of ether oxygens (including phenoxy) is 1. The lowest BCUT2D eigenvalue weighted by Gasteiger charge is -2.16. The molecule has 0 saturated heterocycles. The lowest BCUT2D eigenvalue weighted by atomic mass is 10.0. The Morgan fingerprint density at radius 2 is 1.32 bits per heavy atom. The van der Waals surface area contributed by atoms with E-state index < -0.39 is 0 Å². The monoisotopic (exact) mass is 353 g/mol. The molecule has 0 fully saturated rings. The number of rotatable bonds is 17. The van der Waals surface area contributed by atoms with Gasteiger partial charge in [0.05, 0.1) is 6.61 Å². The van der Waals surface area contributed by atoms with Crippen LogP contribution >= 0.6 is 0 Å². The fourth-order valence-electron chi connectivity index (χ4n) is 3.19. The van der Waals surface area contributed by atoms with Crippen molar-refractivity contribution in [3.63, 3.8) is 0 Å². The Hall–Kier alpha value is -0.830. The molecular weight excluding hydrogens is 310 g/mol. The van der Waals surface area contributed by atoms with Gasteiger partial charge in [0, 0.05) is 12.1 Å². The zero-order chi connectivity index (χ0) is 18.9. The number of hydrogen-bond donors (Lipinski definition) is 0. The minimum absolute atomic E-state index is 0.257. The second-order valence-electron chi connectivity index (χ2n) is 7.96. The summed E-state index contributed by atoms with van der Waals surface area (Å²) in [4.78, 5) is 13.5. The minimum Gasteiger partial charge on any atom is -0.462 e. The minimum atomic E-state index is -0.257. The maximum absolute atomic E-state index is 11.2. The lowest BCUT2D eigenvalue weighted by Crippen LogP contribution is -2.19. The number of unbranched alkanes of at least 4 members (excludes halogenated alkanes) is 10. The van der Waals surface area contributed by atoms with E-state index in [4.69, 9.17) is 4.74 Å². The van der Waals surface area contributed by atoms with E-state index in [1.54, 1.807) is 6.92 Å². The van der Waals surface area contributed by atoms with Crippen LogP contribution in [0.4, 0.5) is 0 Å². The normalized spacial score (nSPS) is 12.4. The highest BCUT2D eigenvalue weighted by Gasteiger charge is 2.03. The zero-order valence-corrected chi connectivity index (χ0v) is 17.4. The Morgan fingerprint density at radius 1 is 0.880 bits per heavy atom. The van der Waals surface area contributed by atoms with Gasteiger partial charge in [0.25, 0.3) is 0 Å². The summed E-state index contributed by atoms with van der Waals surface area (Å²) >= 11 is 0. The van der Waals surface area contributed by atoms with Crippen LogP contribution in [0.1, 0.15) is 90.9 Å². The molecule has 25 heavy (non-hydrogen) atoms. The average molecular weight is 354 g/mol. The van der Waals surface area contributed by atoms with Gasteiger partial charge in [0.15, 0.2) is 0 Å². The maximum atomic E-state index is 11.2. The third kappa shape index (κ3) is 17.8. The predicted molar refractivity (Wildman–Crippen MR) is 109 cm³/mol. The summed E-state index contributed by atoms with van der Waals surface area (Å²) in [6.07, 6.45) is 15.8. The molecule has 148 valence electrons. The predicted octanol–water partition coefficient (Wildman–Crippen LogP) is 5.98. The molecule has 0 aliphatic rings. The van der Waals surface area contributed by atoms with E-state index in [1.165, 1.54) is 70.8 Å². The van der Waals surface area contributed by atoms with Crippen LogP contribution < -0.4 is 0 Å². The summed E-state index contributed by atoms with van der Waals surface area (Å²) in [5.74, 6) is 0.575. The Kier molecular flexibility index (Phi) is 16.1. The molecule has 0 aliphatic carbocycles. The average Bonchev–Trinajstić information content (AvgIpc) is 2.54. The number of hydrogen-bond acceptors (Lipinski definition) is 3. The second-order valence-corrected chi connectivity index (χ2v) is 7.96. The summed E-state index contributed by atoms with van der Waals surface area (Å²) in [6.45, 7) is 9.39. The molecule has 3 nitrogen and oxygen atoms in total. The fraction of sp³-hybridized carbons (Fsp3) is 0.864. The highest BCUT2D eigenvalue weighted by molar-refractivity contribution is 5.86. The quantitative estimate of drug-likeness (QED) is 0.183. The topological polar surface area (TPSA) is 29.5 Å². The van der Waals surface area contributed by atoms with Crippen LogP contribution in [0.2, 0.25) is 0 Å². The van der Waals surface area contributed by atoms with Crippen molar-refractivity contribution in [1.29, 1.82) is 0 Å². The van der Waals surface area contributed by atoms with E-state index in [0.717, 1.165) is 18.8 Å². The van der Waals surface area contributed by atoms with Crippen molar-refractivity contribution in [1.82, 2.24) is 4.90 Å². The van der Waals surface area contributed by atoms with Crippen molar-refractivity contribution in [3.05, 3.63) is 12.2 Å². The van der Waals surface area contributed by atoms with E-state index in [0.29, 0.717) is 12.2 Å². The molecule has 0 aliphatic heterocycles. The van der Waals surface area contributed by atoms with E-state index in [9.17, 15) is 4.79 Å². The molecule has 1 atom stereocenters. The number of carbonyl (C=O) groups excluding carboxylic acids is 1. The molecular formula is C22H43NO2. The van der Waals surface area contributed by atoms with E-state index in [2.05, 4.69) is 32.5 Å². The van der Waals surface area contributed by atoms with Crippen LogP contribution in [-0.2, 0) is 9.53 Å². The van der Waals surface area contributed by atoms with Gasteiger partial charge in [0.2, 0.25) is 0 Å². The molecule has 0 heterocycles. The molecule has 0 aromatic heterocycles. The van der Waals surface area contributed by atoms with Crippen LogP contribution in [0.25, 0.3) is 0 Å². The molecule has 0 saturated carbocycles. The highest BCUT2D eigenvalue weighted by Crippen LogP contribution is 2.14. The molecule has 0 N–H and O–H groups in total. The van der Waals surface area contributed by atoms with E-state index >= 15 is 0 Å². The van der Waals surface area contributed by atoms with Crippen LogP contribution in [0.3, 0.4) is 0 Å². The second kappa shape index (κ2) is 16.6. The summed E-state index contributed by atoms with van der Waals surface area (Å²) < 4.78 is 5.09. The van der Waals surface area contributed by atoms with Crippen molar-refractivity contribution in [2.75, 3.05) is 27.2 Å². The van der Waals surface area contributed by atoms with Gasteiger partial charge >= 0.3 is 5.97 Å². The van der Waals surface area contributed by atoms with Crippen LogP contribution in [0.5, 0.6) is 0 Å². The number of carbonyl (C=O) groups is 1. The third-order valence-electron chi connectivity index (χ3n) is 4.60. The van der Waals surface area contributed by atoms with Crippen molar-refractivity contribution in [2.24, 2.45) is 5.92 Å². The molecule has 0 bridgehead atoms. The first-order valence-corrected chi connectivity index (χ1v) is 10.4. The fourth-order valence-corrected chi connectivity index (χ4v) is 3.19. The Labute approximate surface area is 157 Å². The van der Waals surface area contributed by atoms with Crippen molar-refractivity contribution in [2.45, 2.75) is 90.9 Å². The van der Waals surface area contributed by atoms with Gasteiger partial charge in [-0.2, -0.15) is 0 Å². The van der Waals surface area contributed by atoms with Crippen LogP contribution in [0.15, 0.2) is 12.2 Å². The molecule has 0 spiro atoms. The smallest absolute Gasteiger partial charge is 0.333 e. The molecule has 0 rings (SSSR count). The number of nitrogens with zero attached hydrogens (tertiary/aromatic N) is 1. The van der Waals surface area contributed by atoms with Gasteiger partial charge in [-0.1, -0.05) is 77.7 Å². The summed E-state index contributed by atoms with van der Waals surface area (Å²) in [6, 6.07) is 0. The van der Waals surface area contributed by atoms with Gasteiger partial charge in [-0.05, 0) is 39.8 Å². The summed E-state index contributed by atoms with van der Waals surface area (Å²) in [5.41, 5.74) is 0.489. The molecule has 1 unspecified atom stereocenters. The van der Waals surface area contributed by atoms with Crippen LogP contribution in [0, 0.1) is 5.92 Å². The first kappa shape index (κ1) is 24.2. The van der Waals surface area contributed by atoms with E-state index in [1.807, 2.05) is 0 Å².